The zero-order chi connectivity index (χ0) is 31.0. The number of anilines is 4. The summed E-state index contributed by atoms with van der Waals surface area (Å²) in [7, 11) is 0. The van der Waals surface area contributed by atoms with Crippen molar-refractivity contribution in [3.63, 3.8) is 0 Å². The molecule has 4 nitrogen and oxygen atoms in total. The zero-order valence-electron chi connectivity index (χ0n) is 26.1. The number of hydrogen-bond acceptors (Lipinski definition) is 5. The van der Waals surface area contributed by atoms with Crippen molar-refractivity contribution in [2.75, 3.05) is 9.80 Å². The van der Waals surface area contributed by atoms with E-state index >= 15 is 0 Å². The molecular weight excluding hydrogens is 561 g/mol. The van der Waals surface area contributed by atoms with Gasteiger partial charge in [0.15, 0.2) is 11.6 Å². The fourth-order valence-electron chi connectivity index (χ4n) is 7.11. The predicted molar refractivity (Wildman–Crippen MR) is 183 cm³/mol. The molecule has 0 unspecified atom stereocenters. The van der Waals surface area contributed by atoms with Gasteiger partial charge in [0.25, 0.3) is 0 Å². The van der Waals surface area contributed by atoms with E-state index in [-0.39, 0.29) is 17.1 Å². The fraction of sp³-hybridized carbons (Fsp3) is 0.179. The van der Waals surface area contributed by atoms with Gasteiger partial charge in [-0.05, 0) is 112 Å². The van der Waals surface area contributed by atoms with E-state index in [1.807, 2.05) is 42.5 Å². The first kappa shape index (κ1) is 28.1. The van der Waals surface area contributed by atoms with Crippen LogP contribution in [0.3, 0.4) is 0 Å². The Morgan fingerprint density at radius 2 is 1.07 bits per heavy atom. The molecule has 0 bridgehead atoms. The molecule has 5 heteroatoms. The van der Waals surface area contributed by atoms with Crippen LogP contribution in [0.4, 0.5) is 22.1 Å². The maximum Gasteiger partial charge on any atom is 0.197 e. The second-order valence-corrected chi connectivity index (χ2v) is 13.5. The zero-order valence-corrected chi connectivity index (χ0v) is 26.9. The predicted octanol–water partition coefficient (Wildman–Crippen LogP) is 10.2. The van der Waals surface area contributed by atoms with Gasteiger partial charge in [0.1, 0.15) is 10.8 Å². The van der Waals surface area contributed by atoms with E-state index in [0.29, 0.717) is 11.1 Å². The molecule has 0 spiro atoms. The number of Topliss-reactive ketones (excluding diaryl/α,β-unsaturated/α-hetero) is 2. The van der Waals surface area contributed by atoms with Crippen LogP contribution >= 0.6 is 11.3 Å². The van der Waals surface area contributed by atoms with Gasteiger partial charge in [-0.15, -0.1) is 11.3 Å². The van der Waals surface area contributed by atoms with Gasteiger partial charge in [0.2, 0.25) is 0 Å². The van der Waals surface area contributed by atoms with Gasteiger partial charge in [-0.25, -0.2) is 0 Å². The van der Waals surface area contributed by atoms with Crippen LogP contribution in [0.5, 0.6) is 0 Å². The molecule has 0 N–H and O–H groups in total. The molecule has 0 saturated carbocycles. The minimum absolute atomic E-state index is 0.198. The van der Waals surface area contributed by atoms with E-state index in [1.54, 1.807) is 17.4 Å². The Morgan fingerprint density at radius 3 is 1.57 bits per heavy atom. The topological polar surface area (TPSA) is 40.6 Å². The molecule has 0 radical (unpaired) electrons. The first-order valence-electron chi connectivity index (χ1n) is 14.9. The summed E-state index contributed by atoms with van der Waals surface area (Å²) < 4.78 is 0. The molecule has 0 fully saturated rings. The molecule has 0 atom stereocenters. The second kappa shape index (κ2) is 10.2. The van der Waals surface area contributed by atoms with Gasteiger partial charge in [0, 0.05) is 16.0 Å². The lowest BCUT2D eigenvalue weighted by Gasteiger charge is -2.30. The maximum absolute atomic E-state index is 13.7. The number of ketones is 2. The first-order chi connectivity index (χ1) is 21.0. The number of carbonyl (C=O) groups excluding carboxylic acids is 2. The molecule has 5 aromatic rings. The number of benzene rings is 4. The maximum atomic E-state index is 13.7. The molecule has 218 valence electrons. The lowest BCUT2D eigenvalue weighted by molar-refractivity contribution is 0.0988. The average molecular weight is 595 g/mol. The van der Waals surface area contributed by atoms with Crippen molar-refractivity contribution in [2.24, 2.45) is 0 Å². The Bertz CT molecular complexity index is 1960. The molecule has 0 saturated heterocycles. The van der Waals surface area contributed by atoms with Crippen molar-refractivity contribution in [3.8, 4) is 0 Å². The highest BCUT2D eigenvalue weighted by atomic mass is 32.1. The van der Waals surface area contributed by atoms with Crippen LogP contribution in [0.25, 0.3) is 10.8 Å². The summed E-state index contributed by atoms with van der Waals surface area (Å²) in [6.45, 7) is 15.0. The summed E-state index contributed by atoms with van der Waals surface area (Å²) in [5, 5.41) is 3.03. The number of thiophene rings is 1. The molecule has 4 aromatic carbocycles. The monoisotopic (exact) mass is 594 g/mol. The van der Waals surface area contributed by atoms with Gasteiger partial charge in [-0.1, -0.05) is 59.7 Å². The van der Waals surface area contributed by atoms with Crippen molar-refractivity contribution in [1.29, 1.82) is 0 Å². The van der Waals surface area contributed by atoms with Gasteiger partial charge in [-0.2, -0.15) is 0 Å². The molecule has 0 amide bonds. The van der Waals surface area contributed by atoms with Crippen LogP contribution in [0, 0.1) is 48.5 Å². The highest BCUT2D eigenvalue weighted by Gasteiger charge is 2.39. The van der Waals surface area contributed by atoms with E-state index in [2.05, 4.69) is 88.6 Å². The van der Waals surface area contributed by atoms with Crippen LogP contribution < -0.4 is 9.80 Å². The first-order valence-corrected chi connectivity index (χ1v) is 15.8. The number of rotatable bonds is 3. The Labute approximate surface area is 262 Å². The lowest BCUT2D eigenvalue weighted by Crippen LogP contribution is -2.24. The normalized spacial score (nSPS) is 15.2. The Morgan fingerprint density at radius 1 is 0.591 bits per heavy atom. The smallest absolute Gasteiger partial charge is 0.197 e. The minimum Gasteiger partial charge on any atom is -0.293 e. The summed E-state index contributed by atoms with van der Waals surface area (Å²) in [5.74, 6) is 0.449. The molecule has 2 aliphatic rings. The van der Waals surface area contributed by atoms with Crippen molar-refractivity contribution in [3.05, 3.63) is 140 Å². The number of fused-ring (bicyclic) bond motifs is 3. The molecule has 1 aliphatic carbocycles. The average Bonchev–Trinajstić information content (AvgIpc) is 3.54. The number of hydrogen-bond donors (Lipinski definition) is 0. The molecule has 1 aromatic heterocycles. The van der Waals surface area contributed by atoms with E-state index < -0.39 is 0 Å². The Kier molecular flexibility index (Phi) is 6.49. The highest BCUT2D eigenvalue weighted by molar-refractivity contribution is 7.17. The third-order valence-electron chi connectivity index (χ3n) is 8.70. The number of aryl methyl sites for hydroxylation is 7. The molecule has 7 rings (SSSR count). The van der Waals surface area contributed by atoms with Crippen LogP contribution in [0.1, 0.15) is 59.0 Å². The third-order valence-corrected chi connectivity index (χ3v) is 9.73. The Balaban J connectivity index is 1.47. The summed E-state index contributed by atoms with van der Waals surface area (Å²) in [6, 6.07) is 22.7. The van der Waals surface area contributed by atoms with E-state index in [1.165, 1.54) is 38.3 Å². The Hall–Kier alpha value is -4.74. The third kappa shape index (κ3) is 4.26. The van der Waals surface area contributed by atoms with Crippen LogP contribution in [-0.4, -0.2) is 11.6 Å². The van der Waals surface area contributed by atoms with Crippen molar-refractivity contribution in [2.45, 2.75) is 48.5 Å². The van der Waals surface area contributed by atoms with E-state index in [9.17, 15) is 9.59 Å². The van der Waals surface area contributed by atoms with E-state index in [0.717, 1.165) is 38.7 Å². The number of allylic oxidation sites excluding steroid dienone is 3. The largest absolute Gasteiger partial charge is 0.293 e. The van der Waals surface area contributed by atoms with Crippen molar-refractivity contribution >= 4 is 55.7 Å². The number of nitrogens with zero attached hydrogens (tertiary/aromatic N) is 2. The van der Waals surface area contributed by atoms with Gasteiger partial charge < -0.3 is 0 Å². The summed E-state index contributed by atoms with van der Waals surface area (Å²) >= 11 is 1.76. The number of carbonyl (C=O) groups is 2. The fourth-order valence-corrected chi connectivity index (χ4v) is 8.11. The minimum atomic E-state index is -0.222. The van der Waals surface area contributed by atoms with Crippen LogP contribution in [0.15, 0.2) is 90.3 Å². The van der Waals surface area contributed by atoms with Crippen molar-refractivity contribution in [1.82, 2.24) is 0 Å². The second-order valence-electron chi connectivity index (χ2n) is 12.2. The molecule has 44 heavy (non-hydrogen) atoms. The SMILES string of the molecule is Cc1cc(C)c(N2/C(=C/C=C3C(=O)c4cc5ccccc5cc4C3=O)N(c3c(C)cc(C)cc3C)c3sc(C)cc32)c(C)c1. The van der Waals surface area contributed by atoms with Crippen LogP contribution in [-0.2, 0) is 0 Å². The summed E-state index contributed by atoms with van der Waals surface area (Å²) in [5.41, 5.74) is 11.6. The lowest BCUT2D eigenvalue weighted by atomic mass is 10.0. The molecular formula is C39H34N2O2S. The highest BCUT2D eigenvalue weighted by Crippen LogP contribution is 2.56. The summed E-state index contributed by atoms with van der Waals surface area (Å²) in [6.07, 6.45) is 3.71. The standard InChI is InChI=1S/C39H34N2O2S/c1-21-14-23(3)35(24(4)15-21)40-33-18-27(7)44-39(33)41(36-25(5)16-22(2)17-26(36)6)34(40)13-12-30-37(42)31-19-28-10-8-9-11-29(28)20-32(31)38(30)43/h8-20H,1-7H3/b34-13-. The molecule has 1 aliphatic heterocycles. The summed E-state index contributed by atoms with van der Waals surface area (Å²) in [4.78, 5) is 33.3. The molecule has 2 heterocycles. The van der Waals surface area contributed by atoms with Gasteiger partial charge in [-0.3, -0.25) is 19.4 Å². The van der Waals surface area contributed by atoms with Crippen molar-refractivity contribution < 1.29 is 9.59 Å². The van der Waals surface area contributed by atoms with E-state index in [4.69, 9.17) is 0 Å². The van der Waals surface area contributed by atoms with Crippen LogP contribution in [0.2, 0.25) is 0 Å². The quantitative estimate of drug-likeness (QED) is 0.154. The van der Waals surface area contributed by atoms with Gasteiger partial charge in [0.05, 0.1) is 22.6 Å². The van der Waals surface area contributed by atoms with Gasteiger partial charge >= 0.3 is 0 Å².